The highest BCUT2D eigenvalue weighted by atomic mass is 19.3. The van der Waals surface area contributed by atoms with Gasteiger partial charge in [0.1, 0.15) is 6.10 Å². The molecule has 3 atom stereocenters. The van der Waals surface area contributed by atoms with Crippen molar-refractivity contribution in [3.8, 4) is 0 Å². The van der Waals surface area contributed by atoms with Crippen molar-refractivity contribution >= 4 is 0 Å². The van der Waals surface area contributed by atoms with E-state index in [4.69, 9.17) is 9.84 Å². The Balaban J connectivity index is 2.68. The van der Waals surface area contributed by atoms with Crippen molar-refractivity contribution in [2.24, 2.45) is 17.8 Å². The van der Waals surface area contributed by atoms with Crippen molar-refractivity contribution in [1.82, 2.24) is 0 Å². The molecule has 1 saturated carbocycles. The van der Waals surface area contributed by atoms with Crippen LogP contribution in [0.15, 0.2) is 12.0 Å². The largest absolute Gasteiger partial charge is 0.477 e. The summed E-state index contributed by atoms with van der Waals surface area (Å²) in [7, 11) is 0. The van der Waals surface area contributed by atoms with Gasteiger partial charge in [-0.1, -0.05) is 27.2 Å². The summed E-state index contributed by atoms with van der Waals surface area (Å²) in [6.45, 7) is 6.20. The van der Waals surface area contributed by atoms with Gasteiger partial charge in [-0.3, -0.25) is 0 Å². The molecular formula is C12H20F2O2. The maximum atomic E-state index is 12.1. The van der Waals surface area contributed by atoms with Crippen LogP contribution in [0.3, 0.4) is 0 Å². The molecule has 4 heteroatoms. The molecule has 94 valence electrons. The zero-order valence-electron chi connectivity index (χ0n) is 10.0. The lowest BCUT2D eigenvalue weighted by atomic mass is 9.75. The van der Waals surface area contributed by atoms with Gasteiger partial charge in [0.15, 0.2) is 0 Å². The quantitative estimate of drug-likeness (QED) is 0.745. The number of aliphatic hydroxyl groups is 1. The molecule has 0 saturated heterocycles. The average molecular weight is 234 g/mol. The normalized spacial score (nSPS) is 30.2. The van der Waals surface area contributed by atoms with Crippen molar-refractivity contribution in [3.05, 3.63) is 12.0 Å². The maximum Gasteiger partial charge on any atom is 0.349 e. The first-order chi connectivity index (χ1) is 7.41. The van der Waals surface area contributed by atoms with Crippen LogP contribution in [0.25, 0.3) is 0 Å². The van der Waals surface area contributed by atoms with E-state index in [2.05, 4.69) is 20.8 Å². The second kappa shape index (κ2) is 5.51. The highest BCUT2D eigenvalue weighted by Crippen LogP contribution is 2.36. The summed E-state index contributed by atoms with van der Waals surface area (Å²) < 4.78 is 29.2. The Hall–Kier alpha value is -0.800. The number of hydrogen-bond acceptors (Lipinski definition) is 2. The lowest BCUT2D eigenvalue weighted by Gasteiger charge is -2.36. The molecule has 0 bridgehead atoms. The molecule has 16 heavy (non-hydrogen) atoms. The van der Waals surface area contributed by atoms with Crippen LogP contribution in [0, 0.1) is 17.8 Å². The molecule has 0 spiro atoms. The van der Waals surface area contributed by atoms with Gasteiger partial charge in [0.2, 0.25) is 0 Å². The predicted molar refractivity (Wildman–Crippen MR) is 58.1 cm³/mol. The Morgan fingerprint density at radius 3 is 2.44 bits per heavy atom. The van der Waals surface area contributed by atoms with E-state index in [1.54, 1.807) is 0 Å². The Labute approximate surface area is 95.3 Å². The molecular weight excluding hydrogens is 214 g/mol. The van der Waals surface area contributed by atoms with Gasteiger partial charge in [-0.05, 0) is 30.6 Å². The van der Waals surface area contributed by atoms with E-state index >= 15 is 0 Å². The van der Waals surface area contributed by atoms with E-state index in [1.165, 1.54) is 0 Å². The van der Waals surface area contributed by atoms with Crippen molar-refractivity contribution in [2.45, 2.75) is 46.1 Å². The van der Waals surface area contributed by atoms with Crippen molar-refractivity contribution < 1.29 is 18.6 Å². The predicted octanol–water partition coefficient (Wildman–Crippen LogP) is 4.09. The Kier molecular flexibility index (Phi) is 4.56. The molecule has 2 nitrogen and oxygen atoms in total. The van der Waals surface area contributed by atoms with Gasteiger partial charge in [-0.15, -0.1) is 0 Å². The molecule has 0 radical (unpaired) electrons. The van der Waals surface area contributed by atoms with Gasteiger partial charge < -0.3 is 9.84 Å². The van der Waals surface area contributed by atoms with Crippen molar-refractivity contribution in [3.63, 3.8) is 0 Å². The Morgan fingerprint density at radius 1 is 1.31 bits per heavy atom. The van der Waals surface area contributed by atoms with E-state index in [0.717, 1.165) is 19.3 Å². The van der Waals surface area contributed by atoms with Crippen LogP contribution < -0.4 is 0 Å². The topological polar surface area (TPSA) is 29.5 Å². The summed E-state index contributed by atoms with van der Waals surface area (Å²) in [5, 5.41) is 8.97. The average Bonchev–Trinajstić information content (AvgIpc) is 2.16. The van der Waals surface area contributed by atoms with Gasteiger partial charge in [-0.2, -0.15) is 8.78 Å². The van der Waals surface area contributed by atoms with Crippen LogP contribution >= 0.6 is 0 Å². The third-order valence-electron chi connectivity index (χ3n) is 3.39. The molecule has 0 aromatic heterocycles. The Bertz CT molecular complexity index is 260. The summed E-state index contributed by atoms with van der Waals surface area (Å²) in [6, 6.07) is 0. The molecule has 0 amide bonds. The van der Waals surface area contributed by atoms with Crippen LogP contribution in [0.2, 0.25) is 0 Å². The fraction of sp³-hybridized carbons (Fsp3) is 0.833. The van der Waals surface area contributed by atoms with Crippen LogP contribution in [-0.4, -0.2) is 11.2 Å². The number of hydrogen-bond donors (Lipinski definition) is 1. The van der Waals surface area contributed by atoms with E-state index < -0.39 is 12.0 Å². The molecule has 0 aromatic rings. The zero-order valence-corrected chi connectivity index (χ0v) is 10.0. The van der Waals surface area contributed by atoms with Crippen LogP contribution in [0.5, 0.6) is 0 Å². The standard InChI is InChI=1S/C12H20F2O2/c1-7(2)9-5-4-8(3)6-10(9)16-12(15)11(13)14/h7-10,15H,4-6H2,1-3H3/t8-,9+,10-/m1/s1. The molecule has 0 unspecified atom stereocenters. The summed E-state index contributed by atoms with van der Waals surface area (Å²) >= 11 is 0. The van der Waals surface area contributed by atoms with Crippen LogP contribution in [-0.2, 0) is 4.74 Å². The highest BCUT2D eigenvalue weighted by Gasteiger charge is 2.33. The highest BCUT2D eigenvalue weighted by molar-refractivity contribution is 4.87. The van der Waals surface area contributed by atoms with E-state index in [0.29, 0.717) is 11.8 Å². The molecule has 0 aliphatic heterocycles. The minimum Gasteiger partial charge on any atom is -0.477 e. The summed E-state index contributed by atoms with van der Waals surface area (Å²) in [6.07, 6.45) is 0.391. The molecule has 1 N–H and O–H groups in total. The van der Waals surface area contributed by atoms with E-state index in [9.17, 15) is 8.78 Å². The minimum absolute atomic E-state index is 0.248. The lowest BCUT2D eigenvalue weighted by molar-refractivity contribution is -0.0528. The fourth-order valence-corrected chi connectivity index (χ4v) is 2.44. The van der Waals surface area contributed by atoms with Gasteiger partial charge in [-0.25, -0.2) is 0 Å². The van der Waals surface area contributed by atoms with Crippen molar-refractivity contribution in [2.75, 3.05) is 0 Å². The summed E-state index contributed by atoms with van der Waals surface area (Å²) in [4.78, 5) is 0. The van der Waals surface area contributed by atoms with Gasteiger partial charge >= 0.3 is 12.0 Å². The third-order valence-corrected chi connectivity index (χ3v) is 3.39. The second-order valence-corrected chi connectivity index (χ2v) is 5.05. The molecule has 1 fully saturated rings. The van der Waals surface area contributed by atoms with Gasteiger partial charge in [0.05, 0.1) is 0 Å². The summed E-state index contributed by atoms with van der Waals surface area (Å²) in [5.41, 5.74) is 0. The second-order valence-electron chi connectivity index (χ2n) is 5.05. The molecule has 0 heterocycles. The number of ether oxygens (including phenoxy) is 1. The third kappa shape index (κ3) is 3.35. The zero-order chi connectivity index (χ0) is 12.3. The first-order valence-corrected chi connectivity index (χ1v) is 5.82. The lowest BCUT2D eigenvalue weighted by Crippen LogP contribution is -2.34. The Morgan fingerprint density at radius 2 is 1.94 bits per heavy atom. The maximum absolute atomic E-state index is 12.1. The number of rotatable bonds is 3. The first kappa shape index (κ1) is 13.3. The number of aliphatic hydroxyl groups excluding tert-OH is 1. The molecule has 0 aromatic carbocycles. The van der Waals surface area contributed by atoms with E-state index in [-0.39, 0.29) is 12.0 Å². The van der Waals surface area contributed by atoms with Crippen molar-refractivity contribution in [1.29, 1.82) is 0 Å². The SMILES string of the molecule is CC(C)[C@@H]1CC[C@@H](C)C[C@H]1OC(O)=C(F)F. The molecule has 1 aliphatic carbocycles. The van der Waals surface area contributed by atoms with Gasteiger partial charge in [0.25, 0.3) is 0 Å². The monoisotopic (exact) mass is 234 g/mol. The summed E-state index contributed by atoms with van der Waals surface area (Å²) in [5.74, 6) is -0.106. The van der Waals surface area contributed by atoms with Crippen LogP contribution in [0.1, 0.15) is 40.0 Å². The van der Waals surface area contributed by atoms with Crippen LogP contribution in [0.4, 0.5) is 8.78 Å². The minimum atomic E-state index is -2.14. The number of halogens is 2. The first-order valence-electron chi connectivity index (χ1n) is 5.82. The molecule has 1 rings (SSSR count). The van der Waals surface area contributed by atoms with E-state index in [1.807, 2.05) is 0 Å². The fourth-order valence-electron chi connectivity index (χ4n) is 2.44. The van der Waals surface area contributed by atoms with Gasteiger partial charge in [0, 0.05) is 0 Å². The smallest absolute Gasteiger partial charge is 0.349 e. The molecule has 1 aliphatic rings.